The first-order valence-electron chi connectivity index (χ1n) is 7.33. The quantitative estimate of drug-likeness (QED) is 0.817. The van der Waals surface area contributed by atoms with Crippen molar-refractivity contribution in [3.8, 4) is 0 Å². The first-order chi connectivity index (χ1) is 10.2. The summed E-state index contributed by atoms with van der Waals surface area (Å²) in [6.07, 6.45) is 0.681. The van der Waals surface area contributed by atoms with E-state index in [1.165, 1.54) is 0 Å². The van der Waals surface area contributed by atoms with E-state index < -0.39 is 9.84 Å². The second kappa shape index (κ2) is 6.60. The molecule has 0 aliphatic carbocycles. The summed E-state index contributed by atoms with van der Waals surface area (Å²) in [5.41, 5.74) is 2.84. The van der Waals surface area contributed by atoms with E-state index in [1.54, 1.807) is 0 Å². The van der Waals surface area contributed by atoms with Crippen molar-refractivity contribution in [3.05, 3.63) is 46.6 Å². The standard InChI is InChI=1S/C16H22N2O3S/c1-11(2)7-15-17-16(21-18-15)10-22(19,20)9-14-8-12(3)5-6-13(14)4/h5-6,8,11H,7,9-10H2,1-4H3. The molecule has 2 aromatic rings. The van der Waals surface area contributed by atoms with Gasteiger partial charge in [-0.2, -0.15) is 4.98 Å². The van der Waals surface area contributed by atoms with Crippen molar-refractivity contribution in [2.75, 3.05) is 0 Å². The minimum Gasteiger partial charge on any atom is -0.338 e. The highest BCUT2D eigenvalue weighted by molar-refractivity contribution is 7.89. The Balaban J connectivity index is 2.11. The Labute approximate surface area is 131 Å². The summed E-state index contributed by atoms with van der Waals surface area (Å²) in [4.78, 5) is 4.16. The second-order valence-electron chi connectivity index (χ2n) is 6.16. The fourth-order valence-electron chi connectivity index (χ4n) is 2.23. The van der Waals surface area contributed by atoms with Crippen LogP contribution in [0.1, 0.15) is 42.3 Å². The molecule has 0 spiro atoms. The van der Waals surface area contributed by atoms with Gasteiger partial charge < -0.3 is 4.52 Å². The lowest BCUT2D eigenvalue weighted by molar-refractivity contribution is 0.380. The predicted molar refractivity (Wildman–Crippen MR) is 85.1 cm³/mol. The van der Waals surface area contributed by atoms with Crippen LogP contribution in [0.3, 0.4) is 0 Å². The third-order valence-electron chi connectivity index (χ3n) is 3.32. The smallest absolute Gasteiger partial charge is 0.241 e. The molecule has 0 saturated carbocycles. The zero-order chi connectivity index (χ0) is 16.3. The van der Waals surface area contributed by atoms with Gasteiger partial charge in [0.05, 0.1) is 5.75 Å². The Morgan fingerprint density at radius 2 is 1.91 bits per heavy atom. The van der Waals surface area contributed by atoms with E-state index in [2.05, 4.69) is 10.1 Å². The van der Waals surface area contributed by atoms with Crippen LogP contribution in [0, 0.1) is 19.8 Å². The maximum absolute atomic E-state index is 12.3. The van der Waals surface area contributed by atoms with E-state index in [-0.39, 0.29) is 17.4 Å². The Morgan fingerprint density at radius 3 is 2.59 bits per heavy atom. The van der Waals surface area contributed by atoms with Crippen molar-refractivity contribution in [2.24, 2.45) is 5.92 Å². The number of aryl methyl sites for hydroxylation is 2. The minimum absolute atomic E-state index is 0.0115. The third-order valence-corrected chi connectivity index (χ3v) is 4.76. The van der Waals surface area contributed by atoms with Crippen molar-refractivity contribution < 1.29 is 12.9 Å². The molecule has 120 valence electrons. The maximum Gasteiger partial charge on any atom is 0.241 e. The monoisotopic (exact) mass is 322 g/mol. The Kier molecular flexibility index (Phi) is 5.01. The summed E-state index contributed by atoms with van der Waals surface area (Å²) in [5.74, 6) is 0.901. The lowest BCUT2D eigenvalue weighted by atomic mass is 10.1. The highest BCUT2D eigenvalue weighted by atomic mass is 32.2. The van der Waals surface area contributed by atoms with Crippen LogP contribution in [-0.4, -0.2) is 18.6 Å². The number of nitrogens with zero attached hydrogens (tertiary/aromatic N) is 2. The van der Waals surface area contributed by atoms with Gasteiger partial charge in [0, 0.05) is 6.42 Å². The highest BCUT2D eigenvalue weighted by Gasteiger charge is 2.19. The molecule has 0 aliphatic heterocycles. The number of sulfone groups is 1. The molecule has 0 unspecified atom stereocenters. The van der Waals surface area contributed by atoms with E-state index >= 15 is 0 Å². The Bertz CT molecular complexity index is 749. The Morgan fingerprint density at radius 1 is 1.18 bits per heavy atom. The SMILES string of the molecule is Cc1ccc(C)c(CS(=O)(=O)Cc2nc(CC(C)C)no2)c1. The van der Waals surface area contributed by atoms with Crippen molar-refractivity contribution in [3.63, 3.8) is 0 Å². The number of rotatable bonds is 6. The molecule has 0 amide bonds. The molecule has 5 nitrogen and oxygen atoms in total. The van der Waals surface area contributed by atoms with Crippen LogP contribution >= 0.6 is 0 Å². The molecular formula is C16H22N2O3S. The minimum atomic E-state index is -3.34. The van der Waals surface area contributed by atoms with E-state index in [9.17, 15) is 8.42 Å². The van der Waals surface area contributed by atoms with Crippen molar-refractivity contribution in [2.45, 2.75) is 45.6 Å². The molecule has 0 aliphatic rings. The molecule has 0 fully saturated rings. The van der Waals surface area contributed by atoms with E-state index in [0.29, 0.717) is 18.2 Å². The summed E-state index contributed by atoms with van der Waals surface area (Å²) >= 11 is 0. The van der Waals surface area contributed by atoms with E-state index in [0.717, 1.165) is 16.7 Å². The lowest BCUT2D eigenvalue weighted by Gasteiger charge is -2.07. The van der Waals surface area contributed by atoms with Crippen LogP contribution in [0.4, 0.5) is 0 Å². The fraction of sp³-hybridized carbons (Fsp3) is 0.500. The van der Waals surface area contributed by atoms with Gasteiger partial charge in [-0.1, -0.05) is 42.8 Å². The normalized spacial score (nSPS) is 12.0. The maximum atomic E-state index is 12.3. The van der Waals surface area contributed by atoms with Gasteiger partial charge in [-0.05, 0) is 30.9 Å². The van der Waals surface area contributed by atoms with Crippen LogP contribution < -0.4 is 0 Å². The average molecular weight is 322 g/mol. The predicted octanol–water partition coefficient (Wildman–Crippen LogP) is 3.00. The lowest BCUT2D eigenvalue weighted by Crippen LogP contribution is -2.09. The van der Waals surface area contributed by atoms with Gasteiger partial charge in [-0.3, -0.25) is 0 Å². The molecule has 1 aromatic heterocycles. The molecule has 2 rings (SSSR count). The number of benzene rings is 1. The first-order valence-corrected chi connectivity index (χ1v) is 9.15. The molecular weight excluding hydrogens is 300 g/mol. The largest absolute Gasteiger partial charge is 0.338 e. The molecule has 0 N–H and O–H groups in total. The number of hydrogen-bond donors (Lipinski definition) is 0. The van der Waals surface area contributed by atoms with Crippen molar-refractivity contribution in [1.82, 2.24) is 10.1 Å². The van der Waals surface area contributed by atoms with Gasteiger partial charge in [-0.15, -0.1) is 0 Å². The van der Waals surface area contributed by atoms with Gasteiger partial charge in [0.15, 0.2) is 15.7 Å². The van der Waals surface area contributed by atoms with Crippen LogP contribution in [-0.2, 0) is 27.8 Å². The fourth-order valence-corrected chi connectivity index (χ4v) is 3.61. The van der Waals surface area contributed by atoms with Gasteiger partial charge >= 0.3 is 0 Å². The number of hydrogen-bond acceptors (Lipinski definition) is 5. The molecule has 1 aromatic carbocycles. The molecule has 1 heterocycles. The van der Waals surface area contributed by atoms with Gasteiger partial charge in [0.2, 0.25) is 5.89 Å². The molecule has 0 radical (unpaired) electrons. The average Bonchev–Trinajstić information content (AvgIpc) is 2.79. The van der Waals surface area contributed by atoms with Crippen molar-refractivity contribution in [1.29, 1.82) is 0 Å². The van der Waals surface area contributed by atoms with Crippen LogP contribution in [0.25, 0.3) is 0 Å². The summed E-state index contributed by atoms with van der Waals surface area (Å²) in [5, 5.41) is 3.83. The number of aromatic nitrogens is 2. The molecule has 6 heteroatoms. The van der Waals surface area contributed by atoms with Gasteiger partial charge in [-0.25, -0.2) is 8.42 Å². The molecule has 0 bridgehead atoms. The summed E-state index contributed by atoms with van der Waals surface area (Å²) < 4.78 is 29.7. The second-order valence-corrected chi connectivity index (χ2v) is 8.23. The molecule has 0 atom stereocenters. The molecule has 22 heavy (non-hydrogen) atoms. The van der Waals surface area contributed by atoms with Gasteiger partial charge in [0.25, 0.3) is 0 Å². The topological polar surface area (TPSA) is 73.1 Å². The first kappa shape index (κ1) is 16.7. The van der Waals surface area contributed by atoms with Gasteiger partial charge in [0.1, 0.15) is 5.75 Å². The van der Waals surface area contributed by atoms with Crippen LogP contribution in [0.15, 0.2) is 22.7 Å². The molecule has 0 saturated heterocycles. The van der Waals surface area contributed by atoms with Crippen LogP contribution in [0.5, 0.6) is 0 Å². The summed E-state index contributed by atoms with van der Waals surface area (Å²) in [6.45, 7) is 7.96. The zero-order valence-electron chi connectivity index (χ0n) is 13.5. The highest BCUT2D eigenvalue weighted by Crippen LogP contribution is 2.17. The summed E-state index contributed by atoms with van der Waals surface area (Å²) in [7, 11) is -3.34. The van der Waals surface area contributed by atoms with E-state index in [4.69, 9.17) is 4.52 Å². The Hall–Kier alpha value is -1.69. The van der Waals surface area contributed by atoms with Crippen LogP contribution in [0.2, 0.25) is 0 Å². The third kappa shape index (κ3) is 4.66. The summed E-state index contributed by atoms with van der Waals surface area (Å²) in [6, 6.07) is 5.82. The van der Waals surface area contributed by atoms with E-state index in [1.807, 2.05) is 45.9 Å². The zero-order valence-corrected chi connectivity index (χ0v) is 14.3. The van der Waals surface area contributed by atoms with Crippen molar-refractivity contribution >= 4 is 9.84 Å².